The summed E-state index contributed by atoms with van der Waals surface area (Å²) in [6.45, 7) is 0. The molecule has 1 nitrogen and oxygen atoms in total. The molecule has 0 radical (unpaired) electrons. The second-order valence-electron chi connectivity index (χ2n) is 2.75. The number of para-hydroxylation sites is 1. The summed E-state index contributed by atoms with van der Waals surface area (Å²) in [5, 5.41) is 0.606. The first kappa shape index (κ1) is 9.45. The van der Waals surface area contributed by atoms with Gasteiger partial charge in [0.25, 0.3) is 0 Å². The van der Waals surface area contributed by atoms with Crippen molar-refractivity contribution in [1.82, 2.24) is 4.98 Å². The highest BCUT2D eigenvalue weighted by molar-refractivity contribution is 8.00. The van der Waals surface area contributed by atoms with Crippen LogP contribution in [0.25, 0.3) is 10.9 Å². The number of hydrogen-bond donors (Lipinski definition) is 1. The molecule has 1 aromatic carbocycles. The van der Waals surface area contributed by atoms with Crippen LogP contribution in [0.15, 0.2) is 35.4 Å². The van der Waals surface area contributed by atoms with E-state index < -0.39 is 5.51 Å². The zero-order valence-corrected chi connectivity index (χ0v) is 7.75. The molecule has 0 aliphatic rings. The lowest BCUT2D eigenvalue weighted by molar-refractivity contribution is -0.0327. The van der Waals surface area contributed by atoms with Crippen LogP contribution in [-0.2, 0) is 0 Å². The molecule has 0 saturated heterocycles. The Balaban J connectivity index is 2.44. The van der Waals surface area contributed by atoms with E-state index in [9.17, 15) is 13.2 Å². The number of benzene rings is 1. The van der Waals surface area contributed by atoms with Crippen LogP contribution in [-0.4, -0.2) is 10.5 Å². The number of H-pyrrole nitrogens is 1. The third kappa shape index (κ3) is 1.87. The smallest absolute Gasteiger partial charge is 0.360 e. The van der Waals surface area contributed by atoms with E-state index in [2.05, 4.69) is 4.98 Å². The van der Waals surface area contributed by atoms with Gasteiger partial charge in [-0.1, -0.05) is 18.2 Å². The Labute approximate surface area is 82.3 Å². The Morgan fingerprint density at radius 2 is 1.86 bits per heavy atom. The molecule has 1 aromatic heterocycles. The SMILES string of the molecule is FC(F)(F)Sc1c[nH]c2ccccc12. The molecule has 1 N–H and O–H groups in total. The average Bonchev–Trinajstić information content (AvgIpc) is 2.47. The molecule has 0 saturated carbocycles. The van der Waals surface area contributed by atoms with Gasteiger partial charge in [0.15, 0.2) is 0 Å². The summed E-state index contributed by atoms with van der Waals surface area (Å²) in [7, 11) is 0. The van der Waals surface area contributed by atoms with E-state index in [-0.39, 0.29) is 16.7 Å². The maximum absolute atomic E-state index is 12.1. The van der Waals surface area contributed by atoms with E-state index in [1.54, 1.807) is 24.3 Å². The van der Waals surface area contributed by atoms with Crippen molar-refractivity contribution >= 4 is 22.7 Å². The predicted molar refractivity (Wildman–Crippen MR) is 50.2 cm³/mol. The molecule has 0 unspecified atom stereocenters. The van der Waals surface area contributed by atoms with Crippen molar-refractivity contribution in [3.05, 3.63) is 30.5 Å². The number of aromatic amines is 1. The zero-order valence-electron chi connectivity index (χ0n) is 6.93. The molecule has 5 heteroatoms. The Hall–Kier alpha value is -1.10. The molecule has 0 fully saturated rings. The minimum absolute atomic E-state index is 0.0944. The highest BCUT2D eigenvalue weighted by Crippen LogP contribution is 2.39. The number of nitrogens with one attached hydrogen (secondary N) is 1. The fourth-order valence-corrected chi connectivity index (χ4v) is 1.91. The van der Waals surface area contributed by atoms with E-state index in [1.165, 1.54) is 6.20 Å². The lowest BCUT2D eigenvalue weighted by Gasteiger charge is -2.03. The van der Waals surface area contributed by atoms with Crippen molar-refractivity contribution in [2.24, 2.45) is 0 Å². The first-order chi connectivity index (χ1) is 6.56. The van der Waals surface area contributed by atoms with Gasteiger partial charge in [-0.25, -0.2) is 0 Å². The fourth-order valence-electron chi connectivity index (χ4n) is 1.25. The summed E-state index contributed by atoms with van der Waals surface area (Å²) in [6.07, 6.45) is 1.38. The molecule has 0 atom stereocenters. The van der Waals surface area contributed by atoms with Gasteiger partial charge in [0.2, 0.25) is 0 Å². The molecule has 0 aliphatic heterocycles. The van der Waals surface area contributed by atoms with Gasteiger partial charge >= 0.3 is 5.51 Å². The number of thioether (sulfide) groups is 1. The quantitative estimate of drug-likeness (QED) is 0.719. The first-order valence-corrected chi connectivity index (χ1v) is 4.70. The molecule has 0 aliphatic carbocycles. The molecular formula is C9H6F3NS. The number of fused-ring (bicyclic) bond motifs is 1. The Kier molecular flexibility index (Phi) is 2.19. The van der Waals surface area contributed by atoms with E-state index in [4.69, 9.17) is 0 Å². The Morgan fingerprint density at radius 1 is 1.14 bits per heavy atom. The summed E-state index contributed by atoms with van der Waals surface area (Å²) in [5.41, 5.74) is -3.51. The van der Waals surface area contributed by atoms with Crippen LogP contribution in [0.4, 0.5) is 13.2 Å². The van der Waals surface area contributed by atoms with Crippen LogP contribution in [0, 0.1) is 0 Å². The van der Waals surface area contributed by atoms with Crippen LogP contribution in [0.3, 0.4) is 0 Å². The van der Waals surface area contributed by atoms with Gasteiger partial charge in [0.05, 0.1) is 0 Å². The van der Waals surface area contributed by atoms with Crippen LogP contribution in [0.1, 0.15) is 0 Å². The van der Waals surface area contributed by atoms with E-state index in [0.717, 1.165) is 5.52 Å². The van der Waals surface area contributed by atoms with Gasteiger partial charge in [-0.3, -0.25) is 0 Å². The third-order valence-electron chi connectivity index (χ3n) is 1.78. The summed E-state index contributed by atoms with van der Waals surface area (Å²) in [4.78, 5) is 3.01. The minimum atomic E-state index is -4.23. The summed E-state index contributed by atoms with van der Waals surface area (Å²) < 4.78 is 36.3. The van der Waals surface area contributed by atoms with Crippen molar-refractivity contribution in [3.63, 3.8) is 0 Å². The second kappa shape index (κ2) is 3.24. The molecule has 2 aromatic rings. The standard InChI is InChI=1S/C9H6F3NS/c10-9(11,12)14-8-5-13-7-4-2-1-3-6(7)8/h1-5,13H. The molecule has 0 amide bonds. The van der Waals surface area contributed by atoms with Crippen LogP contribution < -0.4 is 0 Å². The van der Waals surface area contributed by atoms with Crippen molar-refractivity contribution < 1.29 is 13.2 Å². The monoisotopic (exact) mass is 217 g/mol. The summed E-state index contributed by atoms with van der Waals surface area (Å²) in [6, 6.07) is 6.91. The summed E-state index contributed by atoms with van der Waals surface area (Å²) in [5.74, 6) is 0. The largest absolute Gasteiger partial charge is 0.446 e. The van der Waals surface area contributed by atoms with Crippen LogP contribution in [0.5, 0.6) is 0 Å². The van der Waals surface area contributed by atoms with Gasteiger partial charge < -0.3 is 4.98 Å². The summed E-state index contributed by atoms with van der Waals surface area (Å²) >= 11 is -0.0944. The van der Waals surface area contributed by atoms with E-state index in [0.29, 0.717) is 5.39 Å². The third-order valence-corrected chi connectivity index (χ3v) is 2.57. The number of alkyl halides is 3. The lowest BCUT2D eigenvalue weighted by Crippen LogP contribution is -1.98. The molecular weight excluding hydrogens is 211 g/mol. The van der Waals surface area contributed by atoms with Crippen molar-refractivity contribution in [2.75, 3.05) is 0 Å². The molecule has 74 valence electrons. The topological polar surface area (TPSA) is 15.8 Å². The van der Waals surface area contributed by atoms with Gasteiger partial charge in [-0.15, -0.1) is 0 Å². The molecule has 2 rings (SSSR count). The maximum atomic E-state index is 12.1. The van der Waals surface area contributed by atoms with E-state index in [1.807, 2.05) is 0 Å². The first-order valence-electron chi connectivity index (χ1n) is 3.88. The Morgan fingerprint density at radius 3 is 2.57 bits per heavy atom. The van der Waals surface area contributed by atoms with Gasteiger partial charge in [0, 0.05) is 22.0 Å². The predicted octanol–water partition coefficient (Wildman–Crippen LogP) is 3.78. The highest BCUT2D eigenvalue weighted by atomic mass is 32.2. The number of hydrogen-bond acceptors (Lipinski definition) is 1. The zero-order chi connectivity index (χ0) is 10.2. The fraction of sp³-hybridized carbons (Fsp3) is 0.111. The molecule has 1 heterocycles. The lowest BCUT2D eigenvalue weighted by atomic mass is 10.2. The van der Waals surface area contributed by atoms with Crippen molar-refractivity contribution in [1.29, 1.82) is 0 Å². The average molecular weight is 217 g/mol. The van der Waals surface area contributed by atoms with Gasteiger partial charge in [-0.05, 0) is 17.8 Å². The number of halogens is 3. The molecule has 0 spiro atoms. The molecule has 14 heavy (non-hydrogen) atoms. The van der Waals surface area contributed by atoms with Gasteiger partial charge in [-0.2, -0.15) is 13.2 Å². The van der Waals surface area contributed by atoms with E-state index >= 15 is 0 Å². The molecule has 0 bridgehead atoms. The number of rotatable bonds is 1. The van der Waals surface area contributed by atoms with Crippen molar-refractivity contribution in [3.8, 4) is 0 Å². The van der Waals surface area contributed by atoms with Gasteiger partial charge in [0.1, 0.15) is 0 Å². The minimum Gasteiger partial charge on any atom is -0.360 e. The van der Waals surface area contributed by atoms with Crippen molar-refractivity contribution in [2.45, 2.75) is 10.4 Å². The second-order valence-corrected chi connectivity index (χ2v) is 3.85. The Bertz CT molecular complexity index is 446. The van der Waals surface area contributed by atoms with Crippen LogP contribution >= 0.6 is 11.8 Å². The van der Waals surface area contributed by atoms with Crippen LogP contribution in [0.2, 0.25) is 0 Å². The maximum Gasteiger partial charge on any atom is 0.446 e. The highest BCUT2D eigenvalue weighted by Gasteiger charge is 2.30. The number of aromatic nitrogens is 1. The normalized spacial score (nSPS) is 12.2.